The summed E-state index contributed by atoms with van der Waals surface area (Å²) in [5.41, 5.74) is 7.52. The topological polar surface area (TPSA) is 64.4 Å². The smallest absolute Gasteiger partial charge is 0.228 e. The van der Waals surface area contributed by atoms with Gasteiger partial charge in [0.1, 0.15) is 5.82 Å². The standard InChI is InChI=1S/C21H27F3N3O2/c1-21(2,3)20(29)26-10-12-4-5-27(18(12)11-26)19(28)8-14(25)6-13-7-16(23)17(24)9-15(13)22/h7,9,12,14,18,25H,4-6,8,10-11H2,1-3H3/t12-,14+,18+/m0/s1. The Labute approximate surface area is 169 Å². The summed E-state index contributed by atoms with van der Waals surface area (Å²) >= 11 is 0. The Morgan fingerprint density at radius 3 is 2.45 bits per heavy atom. The Morgan fingerprint density at radius 1 is 1.14 bits per heavy atom. The first-order valence-corrected chi connectivity index (χ1v) is 9.90. The van der Waals surface area contributed by atoms with E-state index in [-0.39, 0.29) is 42.2 Å². The second-order valence-electron chi connectivity index (χ2n) is 9.13. The summed E-state index contributed by atoms with van der Waals surface area (Å²) in [7, 11) is 0. The van der Waals surface area contributed by atoms with Gasteiger partial charge in [-0.05, 0) is 24.5 Å². The molecular formula is C21H27F3N3O2. The number of carbonyl (C=O) groups excluding carboxylic acids is 2. The minimum atomic E-state index is -1.28. The van der Waals surface area contributed by atoms with Crippen LogP contribution < -0.4 is 5.73 Å². The van der Waals surface area contributed by atoms with Crippen molar-refractivity contribution in [3.8, 4) is 0 Å². The van der Waals surface area contributed by atoms with E-state index in [0.717, 1.165) is 12.5 Å². The van der Waals surface area contributed by atoms with Gasteiger partial charge in [-0.2, -0.15) is 0 Å². The zero-order valence-corrected chi connectivity index (χ0v) is 17.0. The van der Waals surface area contributed by atoms with Crippen LogP contribution in [-0.4, -0.2) is 53.3 Å². The summed E-state index contributed by atoms with van der Waals surface area (Å²) in [5, 5.41) is 0. The van der Waals surface area contributed by atoms with Crippen molar-refractivity contribution in [1.82, 2.24) is 15.5 Å². The molecule has 0 unspecified atom stereocenters. The van der Waals surface area contributed by atoms with E-state index in [1.807, 2.05) is 25.7 Å². The molecule has 3 rings (SSSR count). The fraction of sp³-hybridized carbons (Fsp3) is 0.619. The van der Waals surface area contributed by atoms with Crippen molar-refractivity contribution in [3.63, 3.8) is 0 Å². The van der Waals surface area contributed by atoms with Gasteiger partial charge in [-0.25, -0.2) is 13.2 Å². The Hall–Kier alpha value is -2.09. The lowest BCUT2D eigenvalue weighted by Crippen LogP contribution is -2.44. The molecule has 0 spiro atoms. The number of rotatable bonds is 4. The summed E-state index contributed by atoms with van der Waals surface area (Å²) in [6.45, 7) is 7.32. The molecular weight excluding hydrogens is 383 g/mol. The van der Waals surface area contributed by atoms with Crippen LogP contribution in [0.5, 0.6) is 0 Å². The van der Waals surface area contributed by atoms with Crippen LogP contribution in [0.2, 0.25) is 0 Å². The van der Waals surface area contributed by atoms with Crippen molar-refractivity contribution >= 4 is 11.8 Å². The second kappa shape index (κ2) is 7.97. The highest BCUT2D eigenvalue weighted by Crippen LogP contribution is 2.34. The van der Waals surface area contributed by atoms with Gasteiger partial charge < -0.3 is 9.80 Å². The van der Waals surface area contributed by atoms with E-state index in [2.05, 4.69) is 0 Å². The van der Waals surface area contributed by atoms with Gasteiger partial charge in [0, 0.05) is 49.5 Å². The summed E-state index contributed by atoms with van der Waals surface area (Å²) in [5.74, 6) is -3.28. The second-order valence-corrected chi connectivity index (χ2v) is 9.13. The Kier molecular flexibility index (Phi) is 5.94. The Bertz CT molecular complexity index is 809. The minimum absolute atomic E-state index is 0.0546. The van der Waals surface area contributed by atoms with E-state index in [1.54, 1.807) is 4.90 Å². The van der Waals surface area contributed by atoms with Crippen LogP contribution in [-0.2, 0) is 16.0 Å². The lowest BCUT2D eigenvalue weighted by Gasteiger charge is -2.29. The maximum Gasteiger partial charge on any atom is 0.228 e. The van der Waals surface area contributed by atoms with Crippen molar-refractivity contribution in [2.24, 2.45) is 11.3 Å². The highest BCUT2D eigenvalue weighted by atomic mass is 19.2. The first-order valence-electron chi connectivity index (χ1n) is 9.90. The summed E-state index contributed by atoms with van der Waals surface area (Å²) in [6.07, 6.45) is 0.505. The van der Waals surface area contributed by atoms with Crippen molar-refractivity contribution in [2.75, 3.05) is 19.6 Å². The number of halogens is 3. The van der Waals surface area contributed by atoms with Crippen LogP contribution in [0, 0.1) is 28.8 Å². The molecule has 0 saturated carbocycles. The molecule has 29 heavy (non-hydrogen) atoms. The van der Waals surface area contributed by atoms with Gasteiger partial charge in [-0.1, -0.05) is 20.8 Å². The van der Waals surface area contributed by atoms with Crippen molar-refractivity contribution in [2.45, 2.75) is 52.1 Å². The summed E-state index contributed by atoms with van der Waals surface area (Å²) in [6, 6.07) is 0.190. The van der Waals surface area contributed by atoms with Crippen LogP contribution >= 0.6 is 0 Å². The monoisotopic (exact) mass is 410 g/mol. The number of amides is 2. The first kappa shape index (κ1) is 21.6. The molecule has 1 aromatic rings. The van der Waals surface area contributed by atoms with Crippen LogP contribution in [0.15, 0.2) is 12.1 Å². The van der Waals surface area contributed by atoms with Gasteiger partial charge in [0.15, 0.2) is 11.6 Å². The van der Waals surface area contributed by atoms with Crippen molar-refractivity contribution < 1.29 is 22.8 Å². The number of hydrogen-bond donors (Lipinski definition) is 0. The SMILES string of the molecule is CC(C)(C)C(=O)N1C[C@@H]2CCN(C(=O)C[C@H]([NH])Cc3cc(F)c(F)cc3F)[C@@H]2C1. The third kappa shape index (κ3) is 4.57. The number of nitrogens with one attached hydrogen (secondary N) is 1. The molecule has 0 bridgehead atoms. The van der Waals surface area contributed by atoms with Crippen molar-refractivity contribution in [1.29, 1.82) is 0 Å². The average molecular weight is 410 g/mol. The maximum absolute atomic E-state index is 13.8. The van der Waals surface area contributed by atoms with E-state index in [0.29, 0.717) is 25.7 Å². The number of carbonyl (C=O) groups is 2. The molecule has 2 aliphatic heterocycles. The molecule has 3 atom stereocenters. The predicted molar refractivity (Wildman–Crippen MR) is 101 cm³/mol. The highest BCUT2D eigenvalue weighted by molar-refractivity contribution is 5.82. The third-order valence-electron chi connectivity index (χ3n) is 5.77. The van der Waals surface area contributed by atoms with Crippen LogP contribution in [0.3, 0.4) is 0 Å². The minimum Gasteiger partial charge on any atom is -0.340 e. The van der Waals surface area contributed by atoms with Gasteiger partial charge in [-0.15, -0.1) is 0 Å². The molecule has 0 aliphatic carbocycles. The number of hydrogen-bond acceptors (Lipinski definition) is 2. The molecule has 159 valence electrons. The Morgan fingerprint density at radius 2 is 1.79 bits per heavy atom. The molecule has 5 nitrogen and oxygen atoms in total. The predicted octanol–water partition coefficient (Wildman–Crippen LogP) is 2.79. The first-order chi connectivity index (χ1) is 13.5. The quantitative estimate of drug-likeness (QED) is 0.717. The molecule has 1 radical (unpaired) electrons. The molecule has 2 fully saturated rings. The largest absolute Gasteiger partial charge is 0.340 e. The molecule has 2 aliphatic rings. The summed E-state index contributed by atoms with van der Waals surface area (Å²) < 4.78 is 40.2. The zero-order chi connectivity index (χ0) is 21.5. The third-order valence-corrected chi connectivity index (χ3v) is 5.77. The van der Waals surface area contributed by atoms with Gasteiger partial charge in [-0.3, -0.25) is 15.3 Å². The lowest BCUT2D eigenvalue weighted by molar-refractivity contribution is -0.140. The van der Waals surface area contributed by atoms with Crippen molar-refractivity contribution in [3.05, 3.63) is 35.1 Å². The number of fused-ring (bicyclic) bond motifs is 1. The van der Waals surface area contributed by atoms with Gasteiger partial charge in [0.05, 0.1) is 6.04 Å². The molecule has 2 amide bonds. The average Bonchev–Trinajstić information content (AvgIpc) is 3.18. The molecule has 2 saturated heterocycles. The summed E-state index contributed by atoms with van der Waals surface area (Å²) in [4.78, 5) is 28.8. The van der Waals surface area contributed by atoms with E-state index in [4.69, 9.17) is 5.73 Å². The molecule has 1 aromatic carbocycles. The molecule has 0 aromatic heterocycles. The molecule has 8 heteroatoms. The van der Waals surface area contributed by atoms with E-state index in [9.17, 15) is 22.8 Å². The highest BCUT2D eigenvalue weighted by Gasteiger charge is 2.46. The van der Waals surface area contributed by atoms with E-state index < -0.39 is 28.9 Å². The number of likely N-dealkylation sites (tertiary alicyclic amines) is 2. The van der Waals surface area contributed by atoms with Crippen LogP contribution in [0.4, 0.5) is 13.2 Å². The molecule has 1 N–H and O–H groups in total. The van der Waals surface area contributed by atoms with Gasteiger partial charge >= 0.3 is 0 Å². The van der Waals surface area contributed by atoms with E-state index >= 15 is 0 Å². The fourth-order valence-corrected chi connectivity index (χ4v) is 4.30. The maximum atomic E-state index is 13.8. The molecule has 2 heterocycles. The van der Waals surface area contributed by atoms with Gasteiger partial charge in [0.25, 0.3) is 0 Å². The number of benzene rings is 1. The lowest BCUT2D eigenvalue weighted by atomic mass is 9.95. The van der Waals surface area contributed by atoms with Crippen LogP contribution in [0.25, 0.3) is 0 Å². The zero-order valence-electron chi connectivity index (χ0n) is 17.0. The van der Waals surface area contributed by atoms with Crippen LogP contribution in [0.1, 0.15) is 39.2 Å². The van der Waals surface area contributed by atoms with E-state index in [1.165, 1.54) is 0 Å². The van der Waals surface area contributed by atoms with Gasteiger partial charge in [0.2, 0.25) is 11.8 Å². The Balaban J connectivity index is 1.60. The normalized spacial score (nSPS) is 22.7. The fourth-order valence-electron chi connectivity index (χ4n) is 4.30. The number of nitrogens with zero attached hydrogens (tertiary/aromatic N) is 2.